The van der Waals surface area contributed by atoms with Crippen LogP contribution in [0.2, 0.25) is 0 Å². The number of ether oxygens (including phenoxy) is 1. The van der Waals surface area contributed by atoms with Gasteiger partial charge in [0.05, 0.1) is 4.90 Å². The van der Waals surface area contributed by atoms with E-state index in [0.29, 0.717) is 13.0 Å². The molecule has 6 nitrogen and oxygen atoms in total. The zero-order chi connectivity index (χ0) is 17.3. The van der Waals surface area contributed by atoms with E-state index in [1.54, 1.807) is 20.8 Å². The molecule has 0 spiro atoms. The quantitative estimate of drug-likeness (QED) is 0.911. The fourth-order valence-electron chi connectivity index (χ4n) is 2.29. The summed E-state index contributed by atoms with van der Waals surface area (Å²) < 4.78 is 44.3. The van der Waals surface area contributed by atoms with E-state index in [9.17, 15) is 17.6 Å². The van der Waals surface area contributed by atoms with Gasteiger partial charge in [0.2, 0.25) is 10.0 Å². The number of nitrogens with one attached hydrogen (secondary N) is 1. The van der Waals surface area contributed by atoms with E-state index in [0.717, 1.165) is 12.1 Å². The first kappa shape index (κ1) is 17.7. The van der Waals surface area contributed by atoms with Crippen LogP contribution in [-0.4, -0.2) is 43.5 Å². The number of benzene rings is 1. The molecule has 1 aromatic carbocycles. The molecule has 1 aromatic rings. The number of alkyl carbamates (subject to hydrolysis) is 1. The Morgan fingerprint density at radius 3 is 2.48 bits per heavy atom. The summed E-state index contributed by atoms with van der Waals surface area (Å²) in [6.07, 6.45) is -0.0665. The van der Waals surface area contributed by atoms with Crippen LogP contribution in [0, 0.1) is 5.82 Å². The maximum Gasteiger partial charge on any atom is 0.407 e. The molecule has 1 unspecified atom stereocenters. The molecule has 1 N–H and O–H groups in total. The Hall–Kier alpha value is -1.67. The third kappa shape index (κ3) is 4.65. The lowest BCUT2D eigenvalue weighted by molar-refractivity contribution is 0.0507. The van der Waals surface area contributed by atoms with Crippen LogP contribution in [0.15, 0.2) is 29.2 Å². The predicted octanol–water partition coefficient (Wildman–Crippen LogP) is 2.11. The molecule has 128 valence electrons. The number of amides is 1. The minimum absolute atomic E-state index is 0.0387. The normalized spacial score (nSPS) is 19.6. The van der Waals surface area contributed by atoms with E-state index in [2.05, 4.69) is 5.32 Å². The van der Waals surface area contributed by atoms with Gasteiger partial charge in [0.25, 0.3) is 0 Å². The van der Waals surface area contributed by atoms with Crippen molar-refractivity contribution in [2.24, 2.45) is 0 Å². The van der Waals surface area contributed by atoms with E-state index in [1.165, 1.54) is 16.4 Å². The smallest absolute Gasteiger partial charge is 0.407 e. The van der Waals surface area contributed by atoms with Crippen molar-refractivity contribution in [1.29, 1.82) is 0 Å². The Bertz CT molecular complexity index is 668. The standard InChI is InChI=1S/C15H21FN2O4S/c1-15(2,3)22-14(19)17-12-8-9-18(10-12)23(20,21)13-6-4-11(16)5-7-13/h4-7,12H,8-10H2,1-3H3,(H,17,19). The lowest BCUT2D eigenvalue weighted by atomic mass is 10.2. The molecular weight excluding hydrogens is 323 g/mol. The van der Waals surface area contributed by atoms with Crippen LogP contribution in [0.4, 0.5) is 9.18 Å². The van der Waals surface area contributed by atoms with Crippen LogP contribution in [0.5, 0.6) is 0 Å². The van der Waals surface area contributed by atoms with Gasteiger partial charge in [0, 0.05) is 19.1 Å². The number of hydrogen-bond donors (Lipinski definition) is 1. The average Bonchev–Trinajstić information content (AvgIpc) is 2.86. The van der Waals surface area contributed by atoms with Crippen molar-refractivity contribution >= 4 is 16.1 Å². The summed E-state index contributed by atoms with van der Waals surface area (Å²) in [6, 6.07) is 4.39. The van der Waals surface area contributed by atoms with Crippen molar-refractivity contribution in [3.63, 3.8) is 0 Å². The van der Waals surface area contributed by atoms with Gasteiger partial charge in [-0.25, -0.2) is 17.6 Å². The van der Waals surface area contributed by atoms with Crippen molar-refractivity contribution in [2.45, 2.75) is 43.7 Å². The highest BCUT2D eigenvalue weighted by Gasteiger charge is 2.33. The zero-order valence-corrected chi connectivity index (χ0v) is 14.2. The molecule has 1 fully saturated rings. The topological polar surface area (TPSA) is 75.7 Å². The largest absolute Gasteiger partial charge is 0.444 e. The summed E-state index contributed by atoms with van der Waals surface area (Å²) in [6.45, 7) is 5.73. The van der Waals surface area contributed by atoms with Crippen LogP contribution >= 0.6 is 0 Å². The molecule has 0 aromatic heterocycles. The Balaban J connectivity index is 1.99. The fourth-order valence-corrected chi connectivity index (χ4v) is 3.79. The molecular formula is C15H21FN2O4S. The monoisotopic (exact) mass is 344 g/mol. The summed E-state index contributed by atoms with van der Waals surface area (Å²) >= 11 is 0. The first-order valence-electron chi connectivity index (χ1n) is 7.33. The Labute approximate surface area is 135 Å². The third-order valence-electron chi connectivity index (χ3n) is 3.32. The molecule has 0 aliphatic carbocycles. The first-order valence-corrected chi connectivity index (χ1v) is 8.77. The van der Waals surface area contributed by atoms with E-state index in [-0.39, 0.29) is 17.5 Å². The molecule has 23 heavy (non-hydrogen) atoms. The lowest BCUT2D eigenvalue weighted by Crippen LogP contribution is -2.41. The summed E-state index contributed by atoms with van der Waals surface area (Å²) in [4.78, 5) is 11.8. The number of nitrogens with zero attached hydrogens (tertiary/aromatic N) is 1. The molecule has 0 saturated carbocycles. The first-order chi connectivity index (χ1) is 10.6. The Kier molecular flexibility index (Phi) is 4.95. The highest BCUT2D eigenvalue weighted by molar-refractivity contribution is 7.89. The maximum absolute atomic E-state index is 12.9. The molecule has 1 saturated heterocycles. The summed E-state index contributed by atoms with van der Waals surface area (Å²) in [5, 5.41) is 2.67. The Morgan fingerprint density at radius 2 is 1.91 bits per heavy atom. The molecule has 1 heterocycles. The van der Waals surface area contributed by atoms with Crippen molar-refractivity contribution in [2.75, 3.05) is 13.1 Å². The second-order valence-electron chi connectivity index (χ2n) is 6.45. The molecule has 8 heteroatoms. The van der Waals surface area contributed by atoms with E-state index in [1.807, 2.05) is 0 Å². The highest BCUT2D eigenvalue weighted by Crippen LogP contribution is 2.21. The van der Waals surface area contributed by atoms with Gasteiger partial charge in [0.15, 0.2) is 0 Å². The van der Waals surface area contributed by atoms with Gasteiger partial charge in [0.1, 0.15) is 11.4 Å². The number of halogens is 1. The van der Waals surface area contributed by atoms with Crippen LogP contribution in [0.3, 0.4) is 0 Å². The molecule has 0 radical (unpaired) electrons. The number of rotatable bonds is 3. The second kappa shape index (κ2) is 6.45. The summed E-state index contributed by atoms with van der Waals surface area (Å²) in [7, 11) is -3.68. The number of hydrogen-bond acceptors (Lipinski definition) is 4. The summed E-state index contributed by atoms with van der Waals surface area (Å²) in [5.74, 6) is -0.491. The van der Waals surface area contributed by atoms with Gasteiger partial charge in [-0.15, -0.1) is 0 Å². The third-order valence-corrected chi connectivity index (χ3v) is 5.20. The minimum Gasteiger partial charge on any atom is -0.444 e. The van der Waals surface area contributed by atoms with Gasteiger partial charge < -0.3 is 10.1 Å². The van der Waals surface area contributed by atoms with Crippen molar-refractivity contribution < 1.29 is 22.3 Å². The number of sulfonamides is 1. The van der Waals surface area contributed by atoms with Crippen molar-refractivity contribution in [3.05, 3.63) is 30.1 Å². The fraction of sp³-hybridized carbons (Fsp3) is 0.533. The number of carbonyl (C=O) groups is 1. The van der Waals surface area contributed by atoms with Crippen LogP contribution in [0.25, 0.3) is 0 Å². The van der Waals surface area contributed by atoms with E-state index < -0.39 is 27.5 Å². The van der Waals surface area contributed by atoms with E-state index in [4.69, 9.17) is 4.74 Å². The van der Waals surface area contributed by atoms with Gasteiger partial charge in [-0.3, -0.25) is 0 Å². The highest BCUT2D eigenvalue weighted by atomic mass is 32.2. The maximum atomic E-state index is 12.9. The zero-order valence-electron chi connectivity index (χ0n) is 13.4. The van der Waals surface area contributed by atoms with Gasteiger partial charge in [-0.05, 0) is 51.5 Å². The van der Waals surface area contributed by atoms with Crippen molar-refractivity contribution in [1.82, 2.24) is 9.62 Å². The molecule has 1 amide bonds. The number of carbonyl (C=O) groups excluding carboxylic acids is 1. The van der Waals surface area contributed by atoms with Crippen LogP contribution < -0.4 is 5.32 Å². The molecule has 1 aliphatic rings. The molecule has 1 aliphatic heterocycles. The minimum atomic E-state index is -3.68. The Morgan fingerprint density at radius 1 is 1.30 bits per heavy atom. The van der Waals surface area contributed by atoms with Gasteiger partial charge >= 0.3 is 6.09 Å². The lowest BCUT2D eigenvalue weighted by Gasteiger charge is -2.22. The summed E-state index contributed by atoms with van der Waals surface area (Å²) in [5.41, 5.74) is -0.609. The van der Waals surface area contributed by atoms with Crippen LogP contribution in [0.1, 0.15) is 27.2 Å². The van der Waals surface area contributed by atoms with Crippen molar-refractivity contribution in [3.8, 4) is 0 Å². The molecule has 2 rings (SSSR count). The van der Waals surface area contributed by atoms with E-state index >= 15 is 0 Å². The molecule has 0 bridgehead atoms. The van der Waals surface area contributed by atoms with Crippen LogP contribution in [-0.2, 0) is 14.8 Å². The predicted molar refractivity (Wildman–Crippen MR) is 82.9 cm³/mol. The molecule has 1 atom stereocenters. The van der Waals surface area contributed by atoms with Gasteiger partial charge in [-0.1, -0.05) is 0 Å². The average molecular weight is 344 g/mol. The second-order valence-corrected chi connectivity index (χ2v) is 8.39. The van der Waals surface area contributed by atoms with Gasteiger partial charge in [-0.2, -0.15) is 4.31 Å². The SMILES string of the molecule is CC(C)(C)OC(=O)NC1CCN(S(=O)(=O)c2ccc(F)cc2)C1.